The van der Waals surface area contributed by atoms with Crippen LogP contribution in [0.25, 0.3) is 32.7 Å². The molecule has 0 atom stereocenters. The van der Waals surface area contributed by atoms with E-state index in [0.717, 1.165) is 5.75 Å². The minimum Gasteiger partial charge on any atom is -0.497 e. The lowest BCUT2D eigenvalue weighted by atomic mass is 9.93. The normalized spacial score (nSPS) is 11.0. The predicted molar refractivity (Wildman–Crippen MR) is 106 cm³/mol. The van der Waals surface area contributed by atoms with Crippen LogP contribution < -0.4 is 4.74 Å². The molecule has 0 unspecified atom stereocenters. The van der Waals surface area contributed by atoms with Crippen LogP contribution >= 0.6 is 22.6 Å². The van der Waals surface area contributed by atoms with Gasteiger partial charge in [0.2, 0.25) is 0 Å². The van der Waals surface area contributed by atoms with E-state index in [9.17, 15) is 0 Å². The molecule has 0 fully saturated rings. The van der Waals surface area contributed by atoms with Gasteiger partial charge in [0.25, 0.3) is 0 Å². The zero-order chi connectivity index (χ0) is 15.8. The van der Waals surface area contributed by atoms with Crippen molar-refractivity contribution in [3.05, 3.63) is 76.4 Å². The maximum atomic E-state index is 5.45. The second kappa shape index (κ2) is 5.85. The van der Waals surface area contributed by atoms with Crippen molar-refractivity contribution in [1.29, 1.82) is 0 Å². The zero-order valence-electron chi connectivity index (χ0n) is 12.7. The van der Waals surface area contributed by atoms with Crippen molar-refractivity contribution in [1.82, 2.24) is 0 Å². The summed E-state index contributed by atoms with van der Waals surface area (Å²) in [5, 5.41) is 5.05. The Morgan fingerprint density at radius 3 is 2.13 bits per heavy atom. The molecule has 0 amide bonds. The molecule has 0 spiro atoms. The Morgan fingerprint density at radius 1 is 0.696 bits per heavy atom. The average molecular weight is 410 g/mol. The van der Waals surface area contributed by atoms with Gasteiger partial charge in [-0.15, -0.1) is 0 Å². The third-order valence-corrected chi connectivity index (χ3v) is 5.35. The van der Waals surface area contributed by atoms with Crippen molar-refractivity contribution in [2.75, 3.05) is 7.11 Å². The minimum absolute atomic E-state index is 0.892. The van der Waals surface area contributed by atoms with Crippen LogP contribution in [0.5, 0.6) is 5.75 Å². The highest BCUT2D eigenvalue weighted by Gasteiger charge is 2.14. The van der Waals surface area contributed by atoms with Crippen molar-refractivity contribution in [3.8, 4) is 16.9 Å². The summed E-state index contributed by atoms with van der Waals surface area (Å²) in [5.74, 6) is 0.892. The van der Waals surface area contributed by atoms with Crippen LogP contribution in [0.1, 0.15) is 0 Å². The standard InChI is InChI=1S/C21H15IO/c1-23-15-11-12-17-19(13-15)16-9-5-6-10-18(16)21(22)20(17)14-7-3-2-4-8-14/h2-13H,1H3. The molecule has 0 aliphatic carbocycles. The molecular weight excluding hydrogens is 395 g/mol. The Bertz CT molecular complexity index is 1010. The molecule has 0 N–H and O–H groups in total. The maximum Gasteiger partial charge on any atom is 0.119 e. The van der Waals surface area contributed by atoms with Gasteiger partial charge in [-0.1, -0.05) is 60.7 Å². The van der Waals surface area contributed by atoms with Gasteiger partial charge in [0.05, 0.1) is 7.11 Å². The first-order valence-electron chi connectivity index (χ1n) is 7.53. The molecule has 23 heavy (non-hydrogen) atoms. The van der Waals surface area contributed by atoms with E-state index >= 15 is 0 Å². The van der Waals surface area contributed by atoms with Gasteiger partial charge in [0.1, 0.15) is 5.75 Å². The fraction of sp³-hybridized carbons (Fsp3) is 0.0476. The van der Waals surface area contributed by atoms with Gasteiger partial charge in [-0.25, -0.2) is 0 Å². The lowest BCUT2D eigenvalue weighted by Crippen LogP contribution is -1.91. The summed E-state index contributed by atoms with van der Waals surface area (Å²) in [6.45, 7) is 0. The second-order valence-electron chi connectivity index (χ2n) is 5.51. The molecule has 0 aromatic heterocycles. The highest BCUT2D eigenvalue weighted by molar-refractivity contribution is 14.1. The fourth-order valence-electron chi connectivity index (χ4n) is 3.14. The van der Waals surface area contributed by atoms with Crippen molar-refractivity contribution in [2.24, 2.45) is 0 Å². The molecule has 4 rings (SSSR count). The Morgan fingerprint density at radius 2 is 1.39 bits per heavy atom. The molecule has 0 saturated carbocycles. The molecule has 0 bridgehead atoms. The Labute approximate surface area is 149 Å². The third kappa shape index (κ3) is 2.38. The molecule has 0 aliphatic heterocycles. The van der Waals surface area contributed by atoms with Gasteiger partial charge in [-0.2, -0.15) is 0 Å². The summed E-state index contributed by atoms with van der Waals surface area (Å²) in [6.07, 6.45) is 0. The summed E-state index contributed by atoms with van der Waals surface area (Å²) >= 11 is 2.48. The quantitative estimate of drug-likeness (QED) is 0.280. The summed E-state index contributed by atoms with van der Waals surface area (Å²) in [4.78, 5) is 0. The molecule has 4 aromatic rings. The number of rotatable bonds is 2. The topological polar surface area (TPSA) is 9.23 Å². The van der Waals surface area contributed by atoms with Crippen LogP contribution in [0, 0.1) is 3.57 Å². The first-order valence-corrected chi connectivity index (χ1v) is 8.61. The predicted octanol–water partition coefficient (Wildman–Crippen LogP) is 6.27. The number of hydrogen-bond donors (Lipinski definition) is 0. The fourth-order valence-corrected chi connectivity index (χ4v) is 4.21. The van der Waals surface area contributed by atoms with E-state index in [1.165, 1.54) is 36.2 Å². The van der Waals surface area contributed by atoms with E-state index in [1.54, 1.807) is 7.11 Å². The summed E-state index contributed by atoms with van der Waals surface area (Å²) in [5.41, 5.74) is 2.54. The van der Waals surface area contributed by atoms with Crippen LogP contribution in [0.3, 0.4) is 0 Å². The molecule has 4 aromatic carbocycles. The molecule has 112 valence electrons. The minimum atomic E-state index is 0.892. The summed E-state index contributed by atoms with van der Waals surface area (Å²) in [6, 6.07) is 25.5. The Kier molecular flexibility index (Phi) is 3.69. The molecule has 2 heteroatoms. The van der Waals surface area contributed by atoms with E-state index in [-0.39, 0.29) is 0 Å². The van der Waals surface area contributed by atoms with Crippen LogP contribution in [-0.4, -0.2) is 7.11 Å². The molecule has 1 nitrogen and oxygen atoms in total. The molecular formula is C21H15IO. The van der Waals surface area contributed by atoms with E-state index < -0.39 is 0 Å². The molecule has 0 aliphatic rings. The van der Waals surface area contributed by atoms with Crippen molar-refractivity contribution < 1.29 is 4.74 Å². The van der Waals surface area contributed by atoms with Gasteiger partial charge in [-0.3, -0.25) is 0 Å². The molecule has 0 heterocycles. The van der Waals surface area contributed by atoms with Gasteiger partial charge in [0, 0.05) is 9.13 Å². The molecule has 0 saturated heterocycles. The lowest BCUT2D eigenvalue weighted by Gasteiger charge is -2.15. The first-order chi connectivity index (χ1) is 11.3. The number of halogens is 1. The Hall–Kier alpha value is -2.07. The van der Waals surface area contributed by atoms with E-state index in [1.807, 2.05) is 6.07 Å². The number of benzene rings is 4. The SMILES string of the molecule is COc1ccc2c(-c3ccccc3)c(I)c3ccccc3c2c1. The Balaban J connectivity index is 2.22. The second-order valence-corrected chi connectivity index (χ2v) is 6.59. The van der Waals surface area contributed by atoms with Gasteiger partial charge < -0.3 is 4.74 Å². The summed E-state index contributed by atoms with van der Waals surface area (Å²) in [7, 11) is 1.72. The number of hydrogen-bond acceptors (Lipinski definition) is 1. The smallest absolute Gasteiger partial charge is 0.119 e. The highest BCUT2D eigenvalue weighted by atomic mass is 127. The summed E-state index contributed by atoms with van der Waals surface area (Å²) < 4.78 is 6.74. The van der Waals surface area contributed by atoms with E-state index in [2.05, 4.69) is 89.3 Å². The number of ether oxygens (including phenoxy) is 1. The van der Waals surface area contributed by atoms with Gasteiger partial charge in [0.15, 0.2) is 0 Å². The van der Waals surface area contributed by atoms with Crippen molar-refractivity contribution in [2.45, 2.75) is 0 Å². The first kappa shape index (κ1) is 14.5. The zero-order valence-corrected chi connectivity index (χ0v) is 14.9. The number of fused-ring (bicyclic) bond motifs is 3. The van der Waals surface area contributed by atoms with E-state index in [4.69, 9.17) is 4.74 Å². The van der Waals surface area contributed by atoms with Crippen LogP contribution in [0.2, 0.25) is 0 Å². The van der Waals surface area contributed by atoms with Crippen LogP contribution in [0.15, 0.2) is 72.8 Å². The number of methoxy groups -OCH3 is 1. The maximum absolute atomic E-state index is 5.45. The monoisotopic (exact) mass is 410 g/mol. The van der Waals surface area contributed by atoms with Gasteiger partial charge in [-0.05, 0) is 61.8 Å². The van der Waals surface area contributed by atoms with Gasteiger partial charge >= 0.3 is 0 Å². The van der Waals surface area contributed by atoms with Crippen LogP contribution in [0.4, 0.5) is 0 Å². The van der Waals surface area contributed by atoms with Crippen LogP contribution in [-0.2, 0) is 0 Å². The van der Waals surface area contributed by atoms with E-state index in [0.29, 0.717) is 0 Å². The molecule has 0 radical (unpaired) electrons. The third-order valence-electron chi connectivity index (χ3n) is 4.23. The van der Waals surface area contributed by atoms with Crippen molar-refractivity contribution in [3.63, 3.8) is 0 Å². The average Bonchev–Trinajstić information content (AvgIpc) is 2.63. The highest BCUT2D eigenvalue weighted by Crippen LogP contribution is 2.40. The van der Waals surface area contributed by atoms with Crippen molar-refractivity contribution >= 4 is 44.1 Å². The largest absolute Gasteiger partial charge is 0.497 e. The lowest BCUT2D eigenvalue weighted by molar-refractivity contribution is 0.415.